The van der Waals surface area contributed by atoms with Crippen LogP contribution in [-0.4, -0.2) is 61.9 Å². The number of ether oxygens (including phenoxy) is 1. The largest absolute Gasteiger partial charge is 0.373 e. The van der Waals surface area contributed by atoms with Crippen molar-refractivity contribution in [3.8, 4) is 0 Å². The maximum Gasteiger partial charge on any atom is 0.255 e. The normalized spacial score (nSPS) is 22.3. The van der Waals surface area contributed by atoms with Crippen molar-refractivity contribution in [3.05, 3.63) is 59.7 Å². The molecule has 2 aromatic rings. The quantitative estimate of drug-likeness (QED) is 0.607. The smallest absolute Gasteiger partial charge is 0.255 e. The molecular weight excluding hydrogens is 462 g/mol. The SMILES string of the molecule is C[C@@H]1CN(S(=O)(=O)c2ccc(C(=O)Nc3ccccc3CN(C)C3CCCCC3)cc2)C[C@@H](C)O1. The fourth-order valence-corrected chi connectivity index (χ4v) is 6.74. The number of sulfonamides is 1. The first-order valence-electron chi connectivity index (χ1n) is 12.6. The number of anilines is 1. The maximum absolute atomic E-state index is 13.1. The van der Waals surface area contributed by atoms with Gasteiger partial charge in [0.05, 0.1) is 17.1 Å². The number of carbonyl (C=O) groups is 1. The number of hydrogen-bond donors (Lipinski definition) is 1. The van der Waals surface area contributed by atoms with E-state index < -0.39 is 10.0 Å². The molecule has 1 heterocycles. The molecule has 1 saturated heterocycles. The molecule has 1 saturated carbocycles. The van der Waals surface area contributed by atoms with Gasteiger partial charge in [0.15, 0.2) is 0 Å². The molecule has 0 spiro atoms. The van der Waals surface area contributed by atoms with E-state index in [1.165, 1.54) is 48.5 Å². The minimum atomic E-state index is -3.64. The second kappa shape index (κ2) is 11.2. The number of carbonyl (C=O) groups excluding carboxylic acids is 1. The van der Waals surface area contributed by atoms with Crippen LogP contribution in [0.3, 0.4) is 0 Å². The maximum atomic E-state index is 13.1. The zero-order valence-electron chi connectivity index (χ0n) is 20.9. The van der Waals surface area contributed by atoms with Gasteiger partial charge in [-0.1, -0.05) is 37.5 Å². The van der Waals surface area contributed by atoms with E-state index >= 15 is 0 Å². The molecule has 0 bridgehead atoms. The zero-order valence-corrected chi connectivity index (χ0v) is 21.8. The lowest BCUT2D eigenvalue weighted by molar-refractivity contribution is -0.0440. The van der Waals surface area contributed by atoms with Crippen molar-refractivity contribution in [2.24, 2.45) is 0 Å². The molecule has 8 heteroatoms. The van der Waals surface area contributed by atoms with Gasteiger partial charge < -0.3 is 10.1 Å². The van der Waals surface area contributed by atoms with Crippen LogP contribution in [0.1, 0.15) is 61.9 Å². The van der Waals surface area contributed by atoms with E-state index in [1.54, 1.807) is 12.1 Å². The van der Waals surface area contributed by atoms with Crippen LogP contribution in [0.25, 0.3) is 0 Å². The van der Waals surface area contributed by atoms with Crippen molar-refractivity contribution in [1.29, 1.82) is 0 Å². The van der Waals surface area contributed by atoms with Crippen LogP contribution < -0.4 is 5.32 Å². The molecular formula is C27H37N3O4S. The molecule has 2 atom stereocenters. The van der Waals surface area contributed by atoms with Gasteiger partial charge in [-0.2, -0.15) is 4.31 Å². The van der Waals surface area contributed by atoms with Crippen molar-refractivity contribution in [2.45, 2.75) is 75.6 Å². The second-order valence-corrected chi connectivity index (χ2v) is 11.9. The van der Waals surface area contributed by atoms with E-state index in [9.17, 15) is 13.2 Å². The second-order valence-electron chi connectivity index (χ2n) is 9.92. The number of para-hydroxylation sites is 1. The highest BCUT2D eigenvalue weighted by Crippen LogP contribution is 2.26. The number of morpholine rings is 1. The summed E-state index contributed by atoms with van der Waals surface area (Å²) in [6, 6.07) is 14.6. The molecule has 4 rings (SSSR count). The monoisotopic (exact) mass is 499 g/mol. The van der Waals surface area contributed by atoms with E-state index in [2.05, 4.69) is 23.3 Å². The molecule has 2 aliphatic rings. The van der Waals surface area contributed by atoms with E-state index in [4.69, 9.17) is 4.74 Å². The number of hydrogen-bond acceptors (Lipinski definition) is 5. The first-order valence-corrected chi connectivity index (χ1v) is 14.0. The topological polar surface area (TPSA) is 79.0 Å². The third kappa shape index (κ3) is 6.30. The Bertz CT molecular complexity index is 1100. The van der Waals surface area contributed by atoms with Crippen LogP contribution in [0.15, 0.2) is 53.4 Å². The Kier molecular flexibility index (Phi) is 8.27. The van der Waals surface area contributed by atoms with Crippen molar-refractivity contribution >= 4 is 21.6 Å². The van der Waals surface area contributed by atoms with Crippen LogP contribution in [0.5, 0.6) is 0 Å². The Morgan fingerprint density at radius 1 is 1.00 bits per heavy atom. The van der Waals surface area contributed by atoms with Gasteiger partial charge in [0.25, 0.3) is 5.91 Å². The number of benzene rings is 2. The van der Waals surface area contributed by atoms with Crippen molar-refractivity contribution in [1.82, 2.24) is 9.21 Å². The fraction of sp³-hybridized carbons (Fsp3) is 0.519. The summed E-state index contributed by atoms with van der Waals surface area (Å²) in [4.78, 5) is 15.6. The Hall–Kier alpha value is -2.26. The van der Waals surface area contributed by atoms with Gasteiger partial charge in [-0.05, 0) is 69.6 Å². The van der Waals surface area contributed by atoms with E-state index in [0.29, 0.717) is 24.7 Å². The number of nitrogens with zero attached hydrogens (tertiary/aromatic N) is 2. The summed E-state index contributed by atoms with van der Waals surface area (Å²) in [6.45, 7) is 5.16. The zero-order chi connectivity index (χ0) is 25.0. The molecule has 2 aromatic carbocycles. The van der Waals surface area contributed by atoms with Crippen LogP contribution in [0.4, 0.5) is 5.69 Å². The lowest BCUT2D eigenvalue weighted by Crippen LogP contribution is -2.48. The van der Waals surface area contributed by atoms with Gasteiger partial charge in [-0.3, -0.25) is 9.69 Å². The van der Waals surface area contributed by atoms with Crippen LogP contribution >= 0.6 is 0 Å². The van der Waals surface area contributed by atoms with Crippen molar-refractivity contribution in [2.75, 3.05) is 25.5 Å². The summed E-state index contributed by atoms with van der Waals surface area (Å²) in [5, 5.41) is 3.03. The molecule has 190 valence electrons. The van der Waals surface area contributed by atoms with Crippen LogP contribution in [0, 0.1) is 0 Å². The first-order chi connectivity index (χ1) is 16.7. The summed E-state index contributed by atoms with van der Waals surface area (Å²) >= 11 is 0. The predicted octanol–water partition coefficient (Wildman–Crippen LogP) is 4.50. The summed E-state index contributed by atoms with van der Waals surface area (Å²) < 4.78 is 33.3. The Labute approximate surface area is 209 Å². The molecule has 1 amide bonds. The Morgan fingerprint density at radius 3 is 2.29 bits per heavy atom. The fourth-order valence-electron chi connectivity index (χ4n) is 5.15. The standard InChI is InChI=1S/C27H37N3O4S/c1-20-17-30(18-21(2)34-20)35(32,33)25-15-13-22(14-16-25)27(31)28-26-12-8-7-9-23(26)19-29(3)24-10-5-4-6-11-24/h7-9,12-16,20-21,24H,4-6,10-11,17-19H2,1-3H3,(H,28,31)/t20-,21-/m1/s1. The number of nitrogens with one attached hydrogen (secondary N) is 1. The Balaban J connectivity index is 1.43. The molecule has 0 radical (unpaired) electrons. The lowest BCUT2D eigenvalue weighted by atomic mass is 9.94. The van der Waals surface area contributed by atoms with Gasteiger partial charge in [-0.25, -0.2) is 8.42 Å². The molecule has 7 nitrogen and oxygen atoms in total. The highest BCUT2D eigenvalue weighted by molar-refractivity contribution is 7.89. The molecule has 1 aliphatic heterocycles. The number of rotatable bonds is 7. The number of amides is 1. The molecule has 0 aromatic heterocycles. The van der Waals surface area contributed by atoms with Gasteiger partial charge in [-0.15, -0.1) is 0 Å². The van der Waals surface area contributed by atoms with Gasteiger partial charge in [0.1, 0.15) is 0 Å². The van der Waals surface area contributed by atoms with Gasteiger partial charge in [0, 0.05) is 36.9 Å². The molecule has 0 unspecified atom stereocenters. The molecule has 1 aliphatic carbocycles. The third-order valence-electron chi connectivity index (χ3n) is 7.02. The summed E-state index contributed by atoms with van der Waals surface area (Å²) in [5.41, 5.74) is 2.28. The summed E-state index contributed by atoms with van der Waals surface area (Å²) in [7, 11) is -1.49. The highest BCUT2D eigenvalue weighted by atomic mass is 32.2. The van der Waals surface area contributed by atoms with Crippen LogP contribution in [-0.2, 0) is 21.3 Å². The minimum absolute atomic E-state index is 0.157. The molecule has 35 heavy (non-hydrogen) atoms. The molecule has 1 N–H and O–H groups in total. The van der Waals surface area contributed by atoms with E-state index in [-0.39, 0.29) is 23.0 Å². The first kappa shape index (κ1) is 25.8. The average Bonchev–Trinajstić information content (AvgIpc) is 2.85. The van der Waals surface area contributed by atoms with E-state index in [0.717, 1.165) is 17.8 Å². The van der Waals surface area contributed by atoms with Crippen molar-refractivity contribution in [3.63, 3.8) is 0 Å². The molecule has 2 fully saturated rings. The van der Waals surface area contributed by atoms with Crippen molar-refractivity contribution < 1.29 is 17.9 Å². The average molecular weight is 500 g/mol. The highest BCUT2D eigenvalue weighted by Gasteiger charge is 2.32. The van der Waals surface area contributed by atoms with E-state index in [1.807, 2.05) is 32.0 Å². The summed E-state index contributed by atoms with van der Waals surface area (Å²) in [6.07, 6.45) is 6.02. The van der Waals surface area contributed by atoms with Gasteiger partial charge in [0.2, 0.25) is 10.0 Å². The minimum Gasteiger partial charge on any atom is -0.373 e. The third-order valence-corrected chi connectivity index (χ3v) is 8.87. The lowest BCUT2D eigenvalue weighted by Gasteiger charge is -2.34. The summed E-state index contributed by atoms with van der Waals surface area (Å²) in [5.74, 6) is -0.254. The van der Waals surface area contributed by atoms with Gasteiger partial charge >= 0.3 is 0 Å². The van der Waals surface area contributed by atoms with Crippen LogP contribution in [0.2, 0.25) is 0 Å². The Morgan fingerprint density at radius 2 is 1.63 bits per heavy atom. The predicted molar refractivity (Wildman–Crippen MR) is 138 cm³/mol.